The zero-order valence-electron chi connectivity index (χ0n) is 22.3. The van der Waals surface area contributed by atoms with Crippen molar-refractivity contribution in [2.45, 2.75) is 162 Å². The van der Waals surface area contributed by atoms with E-state index in [4.69, 9.17) is 4.74 Å². The van der Waals surface area contributed by atoms with Gasteiger partial charge < -0.3 is 4.74 Å². The van der Waals surface area contributed by atoms with Gasteiger partial charge in [0, 0.05) is 6.42 Å². The second-order valence-electron chi connectivity index (χ2n) is 10.2. The molecule has 0 aromatic rings. The molecule has 0 atom stereocenters. The van der Waals surface area contributed by atoms with Gasteiger partial charge in [-0.3, -0.25) is 4.79 Å². The largest absolute Gasteiger partial charge is 0.466 e. The molecule has 0 aromatic carbocycles. The van der Waals surface area contributed by atoms with E-state index in [2.05, 4.69) is 32.9 Å². The van der Waals surface area contributed by atoms with Gasteiger partial charge in [-0.05, 0) is 44.4 Å². The first kappa shape index (κ1) is 31.2. The first-order chi connectivity index (χ1) is 15.7. The molecule has 0 unspecified atom stereocenters. The first-order valence-electron chi connectivity index (χ1n) is 14.5. The molecular formula is C30H58O2. The molecule has 32 heavy (non-hydrogen) atoms. The van der Waals surface area contributed by atoms with E-state index in [-0.39, 0.29) is 5.97 Å². The summed E-state index contributed by atoms with van der Waals surface area (Å²) in [5.41, 5.74) is 0. The molecule has 0 aliphatic rings. The van der Waals surface area contributed by atoms with Crippen LogP contribution in [0.3, 0.4) is 0 Å². The lowest BCUT2D eigenvalue weighted by molar-refractivity contribution is -0.143. The third-order valence-corrected chi connectivity index (χ3v) is 6.33. The number of unbranched alkanes of at least 4 members (excludes halogenated alkanes) is 17. The predicted molar refractivity (Wildman–Crippen MR) is 142 cm³/mol. The summed E-state index contributed by atoms with van der Waals surface area (Å²) < 4.78 is 5.34. The number of allylic oxidation sites excluding steroid dienone is 2. The highest BCUT2D eigenvalue weighted by molar-refractivity contribution is 5.69. The van der Waals surface area contributed by atoms with Crippen LogP contribution in [0.4, 0.5) is 0 Å². The molecule has 0 aliphatic carbocycles. The van der Waals surface area contributed by atoms with Crippen molar-refractivity contribution in [1.29, 1.82) is 0 Å². The van der Waals surface area contributed by atoms with Crippen molar-refractivity contribution in [3.63, 3.8) is 0 Å². The highest BCUT2D eigenvalue weighted by Gasteiger charge is 2.03. The van der Waals surface area contributed by atoms with Crippen LogP contribution in [-0.4, -0.2) is 12.6 Å². The molecule has 0 aliphatic heterocycles. The van der Waals surface area contributed by atoms with Gasteiger partial charge in [0.1, 0.15) is 0 Å². The second-order valence-corrected chi connectivity index (χ2v) is 10.2. The highest BCUT2D eigenvalue weighted by Crippen LogP contribution is 2.13. The Morgan fingerprint density at radius 3 is 1.62 bits per heavy atom. The van der Waals surface area contributed by atoms with Crippen molar-refractivity contribution in [3.8, 4) is 0 Å². The topological polar surface area (TPSA) is 26.3 Å². The lowest BCUT2D eigenvalue weighted by Crippen LogP contribution is -2.05. The Balaban J connectivity index is 3.18. The van der Waals surface area contributed by atoms with Crippen molar-refractivity contribution in [3.05, 3.63) is 12.2 Å². The maximum atomic E-state index is 11.7. The van der Waals surface area contributed by atoms with Gasteiger partial charge in [0.2, 0.25) is 0 Å². The molecule has 0 saturated heterocycles. The molecule has 2 heteroatoms. The summed E-state index contributed by atoms with van der Waals surface area (Å²) in [6, 6.07) is 0. The number of carbonyl (C=O) groups excluding carboxylic acids is 1. The van der Waals surface area contributed by atoms with Crippen LogP contribution in [0.5, 0.6) is 0 Å². The third kappa shape index (κ3) is 27.2. The minimum atomic E-state index is 0.00915. The average Bonchev–Trinajstić information content (AvgIpc) is 2.77. The molecule has 0 heterocycles. The van der Waals surface area contributed by atoms with E-state index in [9.17, 15) is 4.79 Å². The van der Waals surface area contributed by atoms with Crippen molar-refractivity contribution in [2.24, 2.45) is 5.92 Å². The lowest BCUT2D eigenvalue weighted by Gasteiger charge is -2.06. The van der Waals surface area contributed by atoms with E-state index in [0.717, 1.165) is 18.8 Å². The van der Waals surface area contributed by atoms with Crippen molar-refractivity contribution < 1.29 is 9.53 Å². The number of hydrogen-bond acceptors (Lipinski definition) is 2. The Bertz CT molecular complexity index is 400. The Morgan fingerprint density at radius 2 is 1.09 bits per heavy atom. The minimum absolute atomic E-state index is 0.00915. The molecule has 0 bridgehead atoms. The van der Waals surface area contributed by atoms with Crippen LogP contribution in [0.15, 0.2) is 12.2 Å². The van der Waals surface area contributed by atoms with Crippen LogP contribution >= 0.6 is 0 Å². The summed E-state index contributed by atoms with van der Waals surface area (Å²) in [7, 11) is 0. The second kappa shape index (κ2) is 26.5. The van der Waals surface area contributed by atoms with Gasteiger partial charge in [-0.25, -0.2) is 0 Å². The normalized spacial score (nSPS) is 11.6. The minimum Gasteiger partial charge on any atom is -0.466 e. The Kier molecular flexibility index (Phi) is 25.8. The predicted octanol–water partition coefficient (Wildman–Crippen LogP) is 10.3. The van der Waals surface area contributed by atoms with Crippen LogP contribution in [-0.2, 0) is 9.53 Å². The monoisotopic (exact) mass is 450 g/mol. The summed E-state index contributed by atoms with van der Waals surface area (Å²) in [5.74, 6) is 0.791. The van der Waals surface area contributed by atoms with Crippen LogP contribution in [0.1, 0.15) is 162 Å². The summed E-state index contributed by atoms with van der Waals surface area (Å²) in [6.07, 6.45) is 32.7. The molecule has 0 saturated carbocycles. The van der Waals surface area contributed by atoms with E-state index in [1.165, 1.54) is 122 Å². The zero-order valence-corrected chi connectivity index (χ0v) is 22.3. The molecule has 0 N–H and O–H groups in total. The first-order valence-corrected chi connectivity index (χ1v) is 14.5. The Morgan fingerprint density at radius 1 is 0.625 bits per heavy atom. The maximum Gasteiger partial charge on any atom is 0.305 e. The number of rotatable bonds is 25. The van der Waals surface area contributed by atoms with Crippen LogP contribution in [0.25, 0.3) is 0 Å². The summed E-state index contributed by atoms with van der Waals surface area (Å²) >= 11 is 0. The molecule has 0 radical (unpaired) electrons. The van der Waals surface area contributed by atoms with Crippen molar-refractivity contribution >= 4 is 5.97 Å². The van der Waals surface area contributed by atoms with Crippen LogP contribution < -0.4 is 0 Å². The number of carbonyl (C=O) groups is 1. The summed E-state index contributed by atoms with van der Waals surface area (Å²) in [4.78, 5) is 11.7. The fourth-order valence-electron chi connectivity index (χ4n) is 4.14. The van der Waals surface area contributed by atoms with Gasteiger partial charge in [-0.1, -0.05) is 129 Å². The summed E-state index contributed by atoms with van der Waals surface area (Å²) in [6.45, 7) is 7.42. The SMILES string of the molecule is CCCCCCCC/C=C\CCCCCCCCCCCC(=O)OCCCCCC(C)C. The van der Waals surface area contributed by atoms with E-state index in [0.29, 0.717) is 13.0 Å². The quantitative estimate of drug-likeness (QED) is 0.0785. The zero-order chi connectivity index (χ0) is 23.5. The number of esters is 1. The molecule has 0 spiro atoms. The van der Waals surface area contributed by atoms with Crippen molar-refractivity contribution in [1.82, 2.24) is 0 Å². The molecule has 0 amide bonds. The average molecular weight is 451 g/mol. The van der Waals surface area contributed by atoms with Crippen molar-refractivity contribution in [2.75, 3.05) is 6.61 Å². The van der Waals surface area contributed by atoms with Crippen LogP contribution in [0, 0.1) is 5.92 Å². The maximum absolute atomic E-state index is 11.7. The number of ether oxygens (including phenoxy) is 1. The fourth-order valence-corrected chi connectivity index (χ4v) is 4.14. The Hall–Kier alpha value is -0.790. The number of hydrogen-bond donors (Lipinski definition) is 0. The highest BCUT2D eigenvalue weighted by atomic mass is 16.5. The van der Waals surface area contributed by atoms with Gasteiger partial charge >= 0.3 is 5.97 Å². The molecule has 190 valence electrons. The fraction of sp³-hybridized carbons (Fsp3) is 0.900. The van der Waals surface area contributed by atoms with E-state index in [1.54, 1.807) is 0 Å². The molecule has 0 rings (SSSR count). The van der Waals surface area contributed by atoms with E-state index < -0.39 is 0 Å². The molecule has 0 fully saturated rings. The molecule has 2 nitrogen and oxygen atoms in total. The third-order valence-electron chi connectivity index (χ3n) is 6.33. The molecule has 0 aromatic heterocycles. The van der Waals surface area contributed by atoms with Crippen LogP contribution in [0.2, 0.25) is 0 Å². The Labute approximate surface area is 202 Å². The van der Waals surface area contributed by atoms with E-state index >= 15 is 0 Å². The van der Waals surface area contributed by atoms with Gasteiger partial charge in [-0.2, -0.15) is 0 Å². The van der Waals surface area contributed by atoms with Gasteiger partial charge in [-0.15, -0.1) is 0 Å². The lowest BCUT2D eigenvalue weighted by atomic mass is 10.1. The standard InChI is InChI=1S/C30H58O2/c1-4-5-6-7-8-9-10-11-12-13-14-15-16-17-18-19-20-21-24-27-30(31)32-28-25-22-23-26-29(2)3/h11-12,29H,4-10,13-28H2,1-3H3/b12-11-. The summed E-state index contributed by atoms with van der Waals surface area (Å²) in [5, 5.41) is 0. The van der Waals surface area contributed by atoms with E-state index in [1.807, 2.05) is 0 Å². The van der Waals surface area contributed by atoms with Gasteiger partial charge in [0.25, 0.3) is 0 Å². The van der Waals surface area contributed by atoms with Gasteiger partial charge in [0.15, 0.2) is 0 Å². The smallest absolute Gasteiger partial charge is 0.305 e. The molecular weight excluding hydrogens is 392 g/mol. The van der Waals surface area contributed by atoms with Gasteiger partial charge in [0.05, 0.1) is 6.61 Å².